The molecule has 0 bridgehead atoms. The predicted octanol–water partition coefficient (Wildman–Crippen LogP) is 13.2. The maximum absolute atomic E-state index is 9.62. The lowest BCUT2D eigenvalue weighted by Crippen LogP contribution is -1.97. The summed E-state index contributed by atoms with van der Waals surface area (Å²) in [5.74, 6) is 0.629. The Morgan fingerprint density at radius 2 is 0.870 bits per heavy atom. The zero-order chi connectivity index (χ0) is 36.0. The fourth-order valence-electron chi connectivity index (χ4n) is 8.00. The number of fused-ring (bicyclic) bond motifs is 3. The quantitative estimate of drug-likeness (QED) is 0.175. The van der Waals surface area contributed by atoms with Gasteiger partial charge in [-0.25, -0.2) is 9.97 Å². The van der Waals surface area contributed by atoms with Gasteiger partial charge in [-0.05, 0) is 90.7 Å². The van der Waals surface area contributed by atoms with Gasteiger partial charge in [0.15, 0.2) is 5.82 Å². The number of aromatic nitrogens is 2. The summed E-state index contributed by atoms with van der Waals surface area (Å²) in [6, 6.07) is 68.0. The first-order chi connectivity index (χ1) is 26.7. The summed E-state index contributed by atoms with van der Waals surface area (Å²) in [7, 11) is 0. The molecule has 0 fully saturated rings. The van der Waals surface area contributed by atoms with Crippen molar-refractivity contribution in [1.29, 1.82) is 5.26 Å². The van der Waals surface area contributed by atoms with Crippen molar-refractivity contribution in [3.8, 4) is 95.6 Å². The molecular weight excluding hydrogens is 655 g/mol. The highest BCUT2D eigenvalue weighted by Gasteiger charge is 2.30. The van der Waals surface area contributed by atoms with Crippen LogP contribution in [0.4, 0.5) is 0 Å². The molecule has 0 spiro atoms. The van der Waals surface area contributed by atoms with Gasteiger partial charge in [0, 0.05) is 16.7 Å². The number of rotatable bonds is 6. The summed E-state index contributed by atoms with van der Waals surface area (Å²) in [5, 5.41) is 12.2. The standard InChI is InChI=1S/C51H31N3/c52-32-33-13-10-22-40(29-33)46-31-45(36-16-6-2-7-17-36)53-51(54-46)39-27-25-35(26-28-39)43-30-44(34-14-4-1-5-15-34)49-41-23-11-20-37-21-12-24-42(47(37)41)50(49)48(43)38-18-8-3-9-19-38/h1-31H. The summed E-state index contributed by atoms with van der Waals surface area (Å²) in [5.41, 5.74) is 17.2. The van der Waals surface area contributed by atoms with E-state index in [1.807, 2.05) is 48.5 Å². The Labute approximate surface area is 314 Å². The molecule has 0 atom stereocenters. The molecule has 8 aromatic carbocycles. The van der Waals surface area contributed by atoms with Gasteiger partial charge in [0.2, 0.25) is 0 Å². The third-order valence-corrected chi connectivity index (χ3v) is 10.5. The van der Waals surface area contributed by atoms with Crippen molar-refractivity contribution in [2.75, 3.05) is 0 Å². The molecule has 10 rings (SSSR count). The molecule has 0 saturated carbocycles. The molecule has 0 aliphatic heterocycles. The Morgan fingerprint density at radius 1 is 0.352 bits per heavy atom. The predicted molar refractivity (Wildman–Crippen MR) is 221 cm³/mol. The first-order valence-electron chi connectivity index (χ1n) is 18.1. The van der Waals surface area contributed by atoms with Crippen LogP contribution in [0.25, 0.3) is 100 Å². The normalized spacial score (nSPS) is 11.3. The third-order valence-electron chi connectivity index (χ3n) is 10.5. The van der Waals surface area contributed by atoms with Crippen LogP contribution in [0.3, 0.4) is 0 Å². The first kappa shape index (κ1) is 31.3. The first-order valence-corrected chi connectivity index (χ1v) is 18.1. The van der Waals surface area contributed by atoms with Gasteiger partial charge in [-0.1, -0.05) is 164 Å². The van der Waals surface area contributed by atoms with Gasteiger partial charge in [0.25, 0.3) is 0 Å². The number of benzene rings is 8. The molecule has 0 N–H and O–H groups in total. The summed E-state index contributed by atoms with van der Waals surface area (Å²) in [4.78, 5) is 10.1. The smallest absolute Gasteiger partial charge is 0.160 e. The summed E-state index contributed by atoms with van der Waals surface area (Å²) >= 11 is 0. The summed E-state index contributed by atoms with van der Waals surface area (Å²) in [6.45, 7) is 0. The van der Waals surface area contributed by atoms with Crippen LogP contribution < -0.4 is 0 Å². The van der Waals surface area contributed by atoms with Crippen molar-refractivity contribution >= 4 is 10.8 Å². The van der Waals surface area contributed by atoms with Crippen LogP contribution in [0.5, 0.6) is 0 Å². The molecule has 0 radical (unpaired) electrons. The summed E-state index contributed by atoms with van der Waals surface area (Å²) in [6.07, 6.45) is 0. The van der Waals surface area contributed by atoms with E-state index in [1.54, 1.807) is 0 Å². The molecule has 54 heavy (non-hydrogen) atoms. The van der Waals surface area contributed by atoms with E-state index in [4.69, 9.17) is 9.97 Å². The highest BCUT2D eigenvalue weighted by Crippen LogP contribution is 2.57. The molecule has 3 heteroatoms. The molecule has 0 saturated heterocycles. The van der Waals surface area contributed by atoms with E-state index >= 15 is 0 Å². The van der Waals surface area contributed by atoms with Crippen molar-refractivity contribution in [2.45, 2.75) is 0 Å². The van der Waals surface area contributed by atoms with Gasteiger partial charge >= 0.3 is 0 Å². The van der Waals surface area contributed by atoms with Crippen molar-refractivity contribution in [3.63, 3.8) is 0 Å². The second kappa shape index (κ2) is 13.0. The molecule has 250 valence electrons. The minimum Gasteiger partial charge on any atom is -0.228 e. The van der Waals surface area contributed by atoms with E-state index < -0.39 is 0 Å². The number of hydrogen-bond donors (Lipinski definition) is 0. The fourth-order valence-corrected chi connectivity index (χ4v) is 8.00. The Hall–Kier alpha value is -7.41. The number of nitrogens with zero attached hydrogens (tertiary/aromatic N) is 3. The van der Waals surface area contributed by atoms with E-state index in [9.17, 15) is 5.26 Å². The van der Waals surface area contributed by atoms with E-state index in [-0.39, 0.29) is 0 Å². The van der Waals surface area contributed by atoms with Gasteiger partial charge in [-0.3, -0.25) is 0 Å². The van der Waals surface area contributed by atoms with Crippen LogP contribution in [-0.2, 0) is 0 Å². The van der Waals surface area contributed by atoms with Gasteiger partial charge in [-0.15, -0.1) is 0 Å². The Balaban J connectivity index is 1.19. The Kier molecular flexibility index (Phi) is 7.53. The topological polar surface area (TPSA) is 49.6 Å². The second-order valence-corrected chi connectivity index (χ2v) is 13.6. The molecule has 3 nitrogen and oxygen atoms in total. The van der Waals surface area contributed by atoms with E-state index in [0.29, 0.717) is 11.4 Å². The zero-order valence-electron chi connectivity index (χ0n) is 29.2. The second-order valence-electron chi connectivity index (χ2n) is 13.6. The maximum Gasteiger partial charge on any atom is 0.160 e. The van der Waals surface area contributed by atoms with E-state index in [1.165, 1.54) is 60.8 Å². The van der Waals surface area contributed by atoms with Crippen molar-refractivity contribution < 1.29 is 0 Å². The van der Waals surface area contributed by atoms with Gasteiger partial charge < -0.3 is 0 Å². The Morgan fingerprint density at radius 3 is 1.54 bits per heavy atom. The SMILES string of the molecule is N#Cc1cccc(-c2cc(-c3ccccc3)nc(-c3ccc(-c4cc(-c5ccccc5)c5c(c4-c4ccccc4)-c4cccc6cccc-5c46)cc3)n2)c1. The van der Waals surface area contributed by atoms with Crippen molar-refractivity contribution in [3.05, 3.63) is 194 Å². The number of hydrogen-bond acceptors (Lipinski definition) is 3. The van der Waals surface area contributed by atoms with Crippen LogP contribution in [-0.4, -0.2) is 9.97 Å². The molecular formula is C51H31N3. The minimum absolute atomic E-state index is 0.594. The zero-order valence-corrected chi connectivity index (χ0v) is 29.2. The van der Waals surface area contributed by atoms with Crippen molar-refractivity contribution in [1.82, 2.24) is 9.97 Å². The minimum atomic E-state index is 0.594. The molecule has 9 aromatic rings. The van der Waals surface area contributed by atoms with Gasteiger partial charge in [-0.2, -0.15) is 5.26 Å². The van der Waals surface area contributed by atoms with Crippen LogP contribution in [0.15, 0.2) is 188 Å². The molecule has 1 aliphatic carbocycles. The monoisotopic (exact) mass is 685 g/mol. The lowest BCUT2D eigenvalue weighted by molar-refractivity contribution is 1.18. The molecule has 0 unspecified atom stereocenters. The van der Waals surface area contributed by atoms with Crippen LogP contribution in [0.2, 0.25) is 0 Å². The van der Waals surface area contributed by atoms with Crippen LogP contribution >= 0.6 is 0 Å². The molecule has 1 heterocycles. The Bertz CT molecular complexity index is 2900. The largest absolute Gasteiger partial charge is 0.228 e. The van der Waals surface area contributed by atoms with Gasteiger partial charge in [0.05, 0.1) is 23.0 Å². The summed E-state index contributed by atoms with van der Waals surface area (Å²) < 4.78 is 0. The molecule has 0 amide bonds. The van der Waals surface area contributed by atoms with Crippen LogP contribution in [0, 0.1) is 11.3 Å². The number of nitriles is 1. The maximum atomic E-state index is 9.62. The lowest BCUT2D eigenvalue weighted by atomic mass is 9.82. The highest BCUT2D eigenvalue weighted by molar-refractivity contribution is 6.22. The van der Waals surface area contributed by atoms with Crippen LogP contribution in [0.1, 0.15) is 5.56 Å². The lowest BCUT2D eigenvalue weighted by Gasteiger charge is -2.21. The third kappa shape index (κ3) is 5.29. The van der Waals surface area contributed by atoms with Gasteiger partial charge in [0.1, 0.15) is 0 Å². The van der Waals surface area contributed by atoms with Crippen molar-refractivity contribution in [2.24, 2.45) is 0 Å². The molecule has 1 aromatic heterocycles. The average molecular weight is 686 g/mol. The average Bonchev–Trinajstić information content (AvgIpc) is 3.59. The fraction of sp³-hybridized carbons (Fsp3) is 0. The van der Waals surface area contributed by atoms with E-state index in [0.717, 1.165) is 33.6 Å². The molecule has 1 aliphatic rings. The highest BCUT2D eigenvalue weighted by atomic mass is 14.9. The van der Waals surface area contributed by atoms with E-state index in [2.05, 4.69) is 146 Å².